The zero-order valence-corrected chi connectivity index (χ0v) is 12.8. The van der Waals surface area contributed by atoms with Crippen LogP contribution >= 0.6 is 0 Å². The molecular weight excluding hydrogens is 260 g/mol. The molecule has 0 radical (unpaired) electrons. The summed E-state index contributed by atoms with van der Waals surface area (Å²) in [6, 6.07) is 10.4. The van der Waals surface area contributed by atoms with E-state index in [0.717, 1.165) is 35.1 Å². The molecule has 0 amide bonds. The van der Waals surface area contributed by atoms with Crippen molar-refractivity contribution in [2.75, 3.05) is 6.54 Å². The second-order valence-electron chi connectivity index (χ2n) is 6.31. The zero-order valence-electron chi connectivity index (χ0n) is 12.8. The van der Waals surface area contributed by atoms with Crippen molar-refractivity contribution in [2.45, 2.75) is 51.2 Å². The fourth-order valence-electron chi connectivity index (χ4n) is 3.13. The van der Waals surface area contributed by atoms with E-state index in [-0.39, 0.29) is 6.04 Å². The molecule has 3 rings (SSSR count). The average molecular weight is 284 g/mol. The van der Waals surface area contributed by atoms with E-state index in [4.69, 9.17) is 4.98 Å². The lowest BCUT2D eigenvalue weighted by atomic mass is 9.91. The van der Waals surface area contributed by atoms with Gasteiger partial charge in [-0.25, -0.2) is 0 Å². The monoisotopic (exact) mass is 284 g/mol. The molecule has 1 aromatic carbocycles. The third kappa shape index (κ3) is 2.94. The van der Waals surface area contributed by atoms with Gasteiger partial charge in [0.1, 0.15) is 0 Å². The number of hydrogen-bond donors (Lipinski definition) is 2. The van der Waals surface area contributed by atoms with Gasteiger partial charge in [0, 0.05) is 17.1 Å². The SMILES string of the molecule is CC(C)c1cc(C(O)C2CCCCN2)c2ccccc2n1. The molecule has 2 aromatic rings. The third-order valence-corrected chi connectivity index (χ3v) is 4.41. The van der Waals surface area contributed by atoms with E-state index in [2.05, 4.69) is 31.3 Å². The maximum absolute atomic E-state index is 10.9. The zero-order chi connectivity index (χ0) is 14.8. The van der Waals surface area contributed by atoms with E-state index in [1.165, 1.54) is 12.8 Å². The molecular formula is C18H24N2O. The number of fused-ring (bicyclic) bond motifs is 1. The maximum atomic E-state index is 10.9. The summed E-state index contributed by atoms with van der Waals surface area (Å²) >= 11 is 0. The summed E-state index contributed by atoms with van der Waals surface area (Å²) in [5.74, 6) is 0.361. The highest BCUT2D eigenvalue weighted by molar-refractivity contribution is 5.82. The van der Waals surface area contributed by atoms with Crippen LogP contribution in [0.25, 0.3) is 10.9 Å². The smallest absolute Gasteiger partial charge is 0.0950 e. The number of nitrogens with one attached hydrogen (secondary N) is 1. The topological polar surface area (TPSA) is 45.1 Å². The van der Waals surface area contributed by atoms with Crippen LogP contribution < -0.4 is 5.32 Å². The minimum absolute atomic E-state index is 0.157. The first-order valence-corrected chi connectivity index (χ1v) is 7.98. The summed E-state index contributed by atoms with van der Waals surface area (Å²) in [6.07, 6.45) is 2.97. The molecule has 0 bridgehead atoms. The Kier molecular flexibility index (Phi) is 4.22. The molecule has 2 heterocycles. The van der Waals surface area contributed by atoms with E-state index in [0.29, 0.717) is 5.92 Å². The normalized spacial score (nSPS) is 20.9. The van der Waals surface area contributed by atoms with Crippen LogP contribution in [0.4, 0.5) is 0 Å². The maximum Gasteiger partial charge on any atom is 0.0950 e. The summed E-state index contributed by atoms with van der Waals surface area (Å²) in [7, 11) is 0. The highest BCUT2D eigenvalue weighted by Gasteiger charge is 2.25. The second kappa shape index (κ2) is 6.12. The molecule has 2 atom stereocenters. The molecule has 1 fully saturated rings. The number of pyridine rings is 1. The number of aromatic nitrogens is 1. The predicted molar refractivity (Wildman–Crippen MR) is 86.4 cm³/mol. The lowest BCUT2D eigenvalue weighted by molar-refractivity contribution is 0.115. The Morgan fingerprint density at radius 2 is 2.05 bits per heavy atom. The first-order valence-electron chi connectivity index (χ1n) is 7.98. The number of nitrogens with zero attached hydrogens (tertiary/aromatic N) is 1. The van der Waals surface area contributed by atoms with E-state index < -0.39 is 6.10 Å². The highest BCUT2D eigenvalue weighted by Crippen LogP contribution is 2.30. The third-order valence-electron chi connectivity index (χ3n) is 4.41. The van der Waals surface area contributed by atoms with Crippen molar-refractivity contribution in [1.29, 1.82) is 0 Å². The number of benzene rings is 1. The fourth-order valence-corrected chi connectivity index (χ4v) is 3.13. The van der Waals surface area contributed by atoms with Gasteiger partial charge >= 0.3 is 0 Å². The number of para-hydroxylation sites is 1. The Morgan fingerprint density at radius 3 is 2.76 bits per heavy atom. The molecule has 0 aliphatic carbocycles. The van der Waals surface area contributed by atoms with Gasteiger partial charge in [-0.1, -0.05) is 38.5 Å². The Bertz CT molecular complexity index is 618. The fraction of sp³-hybridized carbons (Fsp3) is 0.500. The summed E-state index contributed by atoms with van der Waals surface area (Å²) in [5, 5.41) is 15.4. The van der Waals surface area contributed by atoms with Crippen molar-refractivity contribution in [3.8, 4) is 0 Å². The summed E-state index contributed by atoms with van der Waals surface area (Å²) in [5.41, 5.74) is 3.05. The molecule has 112 valence electrons. The minimum Gasteiger partial charge on any atom is -0.387 e. The standard InChI is InChI=1S/C18H24N2O/c1-12(2)17-11-14(13-7-3-4-8-15(13)20-17)18(21)16-9-5-6-10-19-16/h3-4,7-8,11-12,16,18-19,21H,5-6,9-10H2,1-2H3. The average Bonchev–Trinajstić information content (AvgIpc) is 2.54. The Morgan fingerprint density at radius 1 is 1.24 bits per heavy atom. The molecule has 2 unspecified atom stereocenters. The molecule has 0 saturated carbocycles. The lowest BCUT2D eigenvalue weighted by Gasteiger charge is -2.29. The van der Waals surface area contributed by atoms with Gasteiger partial charge in [0.15, 0.2) is 0 Å². The molecule has 3 nitrogen and oxygen atoms in total. The Hall–Kier alpha value is -1.45. The minimum atomic E-state index is -0.462. The van der Waals surface area contributed by atoms with E-state index in [1.807, 2.05) is 18.2 Å². The summed E-state index contributed by atoms with van der Waals surface area (Å²) in [4.78, 5) is 4.73. The van der Waals surface area contributed by atoms with E-state index in [1.54, 1.807) is 0 Å². The van der Waals surface area contributed by atoms with Crippen molar-refractivity contribution in [3.63, 3.8) is 0 Å². The summed E-state index contributed by atoms with van der Waals surface area (Å²) < 4.78 is 0. The quantitative estimate of drug-likeness (QED) is 0.906. The van der Waals surface area contributed by atoms with E-state index in [9.17, 15) is 5.11 Å². The van der Waals surface area contributed by atoms with Crippen LogP contribution in [0.15, 0.2) is 30.3 Å². The molecule has 1 aliphatic rings. The van der Waals surface area contributed by atoms with E-state index >= 15 is 0 Å². The number of rotatable bonds is 3. The number of aliphatic hydroxyl groups excluding tert-OH is 1. The summed E-state index contributed by atoms with van der Waals surface area (Å²) in [6.45, 7) is 5.29. The molecule has 0 spiro atoms. The Labute approximate surface area is 126 Å². The van der Waals surface area contributed by atoms with Crippen LogP contribution in [0.3, 0.4) is 0 Å². The van der Waals surface area contributed by atoms with Crippen LogP contribution in [0.1, 0.15) is 56.4 Å². The molecule has 3 heteroatoms. The van der Waals surface area contributed by atoms with Crippen molar-refractivity contribution in [2.24, 2.45) is 0 Å². The molecule has 21 heavy (non-hydrogen) atoms. The number of hydrogen-bond acceptors (Lipinski definition) is 3. The first kappa shape index (κ1) is 14.5. The van der Waals surface area contributed by atoms with Gasteiger partial charge in [0.2, 0.25) is 0 Å². The molecule has 2 N–H and O–H groups in total. The second-order valence-corrected chi connectivity index (χ2v) is 6.31. The Balaban J connectivity index is 2.06. The largest absolute Gasteiger partial charge is 0.387 e. The van der Waals surface area contributed by atoms with Crippen LogP contribution in [-0.2, 0) is 0 Å². The first-order chi connectivity index (χ1) is 10.2. The molecule has 1 aromatic heterocycles. The van der Waals surface area contributed by atoms with Crippen LogP contribution in [-0.4, -0.2) is 22.7 Å². The van der Waals surface area contributed by atoms with Crippen LogP contribution in [0, 0.1) is 0 Å². The highest BCUT2D eigenvalue weighted by atomic mass is 16.3. The van der Waals surface area contributed by atoms with Gasteiger partial charge in [-0.15, -0.1) is 0 Å². The van der Waals surface area contributed by atoms with Crippen LogP contribution in [0.2, 0.25) is 0 Å². The van der Waals surface area contributed by atoms with Gasteiger partial charge in [0.05, 0.1) is 11.6 Å². The van der Waals surface area contributed by atoms with Crippen molar-refractivity contribution < 1.29 is 5.11 Å². The number of piperidine rings is 1. The van der Waals surface area contributed by atoms with Gasteiger partial charge in [0.25, 0.3) is 0 Å². The molecule has 1 saturated heterocycles. The van der Waals surface area contributed by atoms with Gasteiger partial charge in [-0.05, 0) is 43.0 Å². The lowest BCUT2D eigenvalue weighted by Crippen LogP contribution is -2.38. The molecule has 1 aliphatic heterocycles. The van der Waals surface area contributed by atoms with Crippen LogP contribution in [0.5, 0.6) is 0 Å². The number of aliphatic hydroxyl groups is 1. The van der Waals surface area contributed by atoms with Gasteiger partial charge < -0.3 is 10.4 Å². The predicted octanol–water partition coefficient (Wildman–Crippen LogP) is 3.53. The van der Waals surface area contributed by atoms with Crippen molar-refractivity contribution in [3.05, 3.63) is 41.6 Å². The van der Waals surface area contributed by atoms with Crippen molar-refractivity contribution in [1.82, 2.24) is 10.3 Å². The van der Waals surface area contributed by atoms with Gasteiger partial charge in [-0.2, -0.15) is 0 Å². The van der Waals surface area contributed by atoms with Gasteiger partial charge in [-0.3, -0.25) is 4.98 Å². The van der Waals surface area contributed by atoms with Crippen molar-refractivity contribution >= 4 is 10.9 Å².